The Morgan fingerprint density at radius 2 is 2.11 bits per heavy atom. The number of rotatable bonds is 5. The van der Waals surface area contributed by atoms with Gasteiger partial charge < -0.3 is 10.2 Å². The normalized spacial score (nSPS) is 11.8. The Morgan fingerprint density at radius 1 is 1.42 bits per heavy atom. The summed E-state index contributed by atoms with van der Waals surface area (Å²) in [5.74, 6) is -0.00740. The molecule has 0 radical (unpaired) electrons. The topological polar surface area (TPSA) is 32.3 Å². The summed E-state index contributed by atoms with van der Waals surface area (Å²) in [6.07, 6.45) is 2.07. The van der Waals surface area contributed by atoms with Crippen LogP contribution in [0.1, 0.15) is 36.8 Å². The highest BCUT2D eigenvalue weighted by atomic mass is 16.1. The van der Waals surface area contributed by atoms with Gasteiger partial charge in [-0.05, 0) is 63.7 Å². The van der Waals surface area contributed by atoms with Crippen molar-refractivity contribution in [3.63, 3.8) is 0 Å². The average Bonchev–Trinajstić information content (AvgIpc) is 2.37. The van der Waals surface area contributed by atoms with E-state index in [9.17, 15) is 4.79 Å². The summed E-state index contributed by atoms with van der Waals surface area (Å²) in [5, 5.41) is 2.93. The largest absolute Gasteiger partial charge is 0.351 e. The maximum Gasteiger partial charge on any atom is 0.251 e. The zero-order chi connectivity index (χ0) is 14.4. The van der Waals surface area contributed by atoms with Crippen LogP contribution < -0.4 is 5.32 Å². The van der Waals surface area contributed by atoms with E-state index >= 15 is 0 Å². The molecule has 0 saturated heterocycles. The number of hydrogen-bond acceptors (Lipinski definition) is 2. The fourth-order valence-corrected chi connectivity index (χ4v) is 1.84. The first-order valence-electron chi connectivity index (χ1n) is 6.62. The van der Waals surface area contributed by atoms with Crippen molar-refractivity contribution in [2.24, 2.45) is 0 Å². The Morgan fingerprint density at radius 3 is 2.68 bits per heavy atom. The highest BCUT2D eigenvalue weighted by Crippen LogP contribution is 2.19. The van der Waals surface area contributed by atoms with Gasteiger partial charge in [-0.25, -0.2) is 0 Å². The first-order chi connectivity index (χ1) is 8.95. The van der Waals surface area contributed by atoms with Gasteiger partial charge in [0, 0.05) is 20.1 Å². The van der Waals surface area contributed by atoms with Crippen molar-refractivity contribution in [1.29, 1.82) is 0 Å². The van der Waals surface area contributed by atoms with Crippen molar-refractivity contribution in [3.8, 4) is 0 Å². The van der Waals surface area contributed by atoms with Crippen LogP contribution in [0, 0.1) is 6.92 Å². The molecule has 1 aromatic rings. The van der Waals surface area contributed by atoms with E-state index in [1.54, 1.807) is 0 Å². The Bertz CT molecular complexity index is 481. The molecule has 3 nitrogen and oxygen atoms in total. The minimum atomic E-state index is -0.00740. The lowest BCUT2D eigenvalue weighted by Crippen LogP contribution is -2.31. The van der Waals surface area contributed by atoms with Crippen LogP contribution >= 0.6 is 0 Å². The Balaban J connectivity index is 0.00000361. The summed E-state index contributed by atoms with van der Waals surface area (Å²) < 4.78 is 0. The van der Waals surface area contributed by atoms with Crippen molar-refractivity contribution in [2.75, 3.05) is 27.2 Å². The van der Waals surface area contributed by atoms with Crippen LogP contribution in [0.15, 0.2) is 24.3 Å². The van der Waals surface area contributed by atoms with Gasteiger partial charge >= 0.3 is 0 Å². The van der Waals surface area contributed by atoms with Crippen LogP contribution in [-0.2, 0) is 0 Å². The lowest BCUT2D eigenvalue weighted by molar-refractivity contribution is 0.0951. The molecule has 0 aliphatic rings. The summed E-state index contributed by atoms with van der Waals surface area (Å²) in [6.45, 7) is 7.65. The highest BCUT2D eigenvalue weighted by Gasteiger charge is 2.08. The first kappa shape index (κ1) is 15.4. The maximum atomic E-state index is 12.1. The summed E-state index contributed by atoms with van der Waals surface area (Å²) in [5.41, 5.74) is 4.25. The smallest absolute Gasteiger partial charge is 0.251 e. The number of aryl methyl sites for hydroxylation is 1. The third-order valence-electron chi connectivity index (χ3n) is 3.20. The number of nitrogens with one attached hydrogen (secondary N) is 1. The van der Waals surface area contributed by atoms with E-state index in [1.807, 2.05) is 44.1 Å². The molecule has 0 aliphatic heterocycles. The average molecular weight is 262 g/mol. The van der Waals surface area contributed by atoms with E-state index in [4.69, 9.17) is 0 Å². The summed E-state index contributed by atoms with van der Waals surface area (Å²) in [4.78, 5) is 14.1. The van der Waals surface area contributed by atoms with Crippen molar-refractivity contribution >= 4 is 11.5 Å². The van der Waals surface area contributed by atoms with E-state index in [-0.39, 0.29) is 7.33 Å². The minimum absolute atomic E-state index is 0. The fraction of sp³-hybridized carbons (Fsp3) is 0.438. The molecule has 0 aromatic heterocycles. The first-order valence-corrected chi connectivity index (χ1v) is 6.62. The van der Waals surface area contributed by atoms with Gasteiger partial charge in [-0.15, -0.1) is 0 Å². The molecule has 0 atom stereocenters. The van der Waals surface area contributed by atoms with Gasteiger partial charge in [-0.2, -0.15) is 0 Å². The van der Waals surface area contributed by atoms with E-state index in [0.29, 0.717) is 6.54 Å². The number of amides is 1. The number of benzene rings is 1. The molecule has 3 heteroatoms. The van der Waals surface area contributed by atoms with Gasteiger partial charge in [0.25, 0.3) is 5.91 Å². The third kappa shape index (κ3) is 4.52. The van der Waals surface area contributed by atoms with Crippen LogP contribution in [0.4, 0.5) is 0 Å². The number of hydrogen-bond donors (Lipinski definition) is 1. The van der Waals surface area contributed by atoms with Crippen LogP contribution in [0.2, 0.25) is 0 Å². The second-order valence-electron chi connectivity index (χ2n) is 5.06. The molecule has 0 aliphatic carbocycles. The van der Waals surface area contributed by atoms with Crippen molar-refractivity contribution in [2.45, 2.75) is 20.8 Å². The van der Waals surface area contributed by atoms with Gasteiger partial charge in [-0.1, -0.05) is 12.1 Å². The zero-order valence-corrected chi connectivity index (χ0v) is 12.6. The van der Waals surface area contributed by atoms with Gasteiger partial charge in [0.1, 0.15) is 0 Å². The van der Waals surface area contributed by atoms with Crippen LogP contribution in [0.25, 0.3) is 5.57 Å². The lowest BCUT2D eigenvalue weighted by atomic mass is 9.98. The van der Waals surface area contributed by atoms with E-state index in [2.05, 4.69) is 25.2 Å². The van der Waals surface area contributed by atoms with Gasteiger partial charge in [0.15, 0.2) is 0 Å². The summed E-state index contributed by atoms with van der Waals surface area (Å²) >= 11 is 0. The lowest BCUT2D eigenvalue weighted by Gasteiger charge is -2.12. The molecule has 0 heterocycles. The molecule has 0 bridgehead atoms. The molecule has 1 rings (SSSR count). The Kier molecular flexibility index (Phi) is 5.77. The molecule has 106 valence electrons. The fourth-order valence-electron chi connectivity index (χ4n) is 1.84. The molecule has 1 N–H and O–H groups in total. The van der Waals surface area contributed by atoms with Crippen molar-refractivity contribution < 1.29 is 6.22 Å². The van der Waals surface area contributed by atoms with Gasteiger partial charge in [0.05, 0.1) is 0 Å². The Labute approximate surface area is 117 Å². The molecule has 0 saturated carbocycles. The monoisotopic (exact) mass is 262 g/mol. The maximum absolute atomic E-state index is 12.1. The van der Waals surface area contributed by atoms with Crippen LogP contribution in [0.5, 0.6) is 0 Å². The van der Waals surface area contributed by atoms with Gasteiger partial charge in [0.2, 0.25) is 0 Å². The molecule has 0 fully saturated rings. The predicted molar refractivity (Wildman–Crippen MR) is 83.5 cm³/mol. The van der Waals surface area contributed by atoms with Crippen molar-refractivity contribution in [3.05, 3.63) is 41.0 Å². The molecule has 19 heavy (non-hydrogen) atoms. The second-order valence-corrected chi connectivity index (χ2v) is 5.06. The molecule has 0 spiro atoms. The zero-order valence-electron chi connectivity index (χ0n) is 12.6. The number of carbonyl (C=O) groups excluding carboxylic acids is 1. The second kappa shape index (κ2) is 7.10. The number of carbonyl (C=O) groups is 1. The number of allylic oxidation sites excluding steroid dienone is 2. The third-order valence-corrected chi connectivity index (χ3v) is 3.20. The summed E-state index contributed by atoms with van der Waals surface area (Å²) in [6, 6.07) is 5.85. The SMILES string of the molecule is C/C=C(\C)c1cc(C(=O)NCCN(C)C)ccc1C.[HH]. The molecule has 1 aromatic carbocycles. The molecule has 1 amide bonds. The summed E-state index contributed by atoms with van der Waals surface area (Å²) in [7, 11) is 3.98. The van der Waals surface area contributed by atoms with E-state index in [1.165, 1.54) is 11.1 Å². The molecular formula is C16H26N2O. The quantitative estimate of drug-likeness (QED) is 0.885. The van der Waals surface area contributed by atoms with Gasteiger partial charge in [-0.3, -0.25) is 4.79 Å². The van der Waals surface area contributed by atoms with Crippen molar-refractivity contribution in [1.82, 2.24) is 10.2 Å². The van der Waals surface area contributed by atoms with E-state index in [0.717, 1.165) is 17.7 Å². The minimum Gasteiger partial charge on any atom is -0.351 e. The Hall–Kier alpha value is -1.61. The molecule has 0 unspecified atom stereocenters. The number of likely N-dealkylation sites (N-methyl/N-ethyl adjacent to an activating group) is 1. The van der Waals surface area contributed by atoms with E-state index < -0.39 is 0 Å². The highest BCUT2D eigenvalue weighted by molar-refractivity contribution is 5.95. The number of nitrogens with zero attached hydrogens (tertiary/aromatic N) is 1. The standard InChI is InChI=1S/C16H24N2O.H2/c1-6-12(2)15-11-14(8-7-13(15)3)16(19)17-9-10-18(4)5;/h6-8,11H,9-10H2,1-5H3,(H,17,19);1H/b12-6+;. The predicted octanol–water partition coefficient (Wildman–Crippen LogP) is 2.96. The van der Waals surface area contributed by atoms with Crippen LogP contribution in [0.3, 0.4) is 0 Å². The van der Waals surface area contributed by atoms with Crippen LogP contribution in [-0.4, -0.2) is 38.0 Å². The molecular weight excluding hydrogens is 236 g/mol.